The normalized spacial score (nSPS) is 27.0. The van der Waals surface area contributed by atoms with Crippen LogP contribution in [0, 0.1) is 0 Å². The number of nitrogens with zero attached hydrogens (tertiary/aromatic N) is 2. The van der Waals surface area contributed by atoms with Crippen LogP contribution in [-0.4, -0.2) is 56.9 Å². The highest BCUT2D eigenvalue weighted by Crippen LogP contribution is 2.46. The van der Waals surface area contributed by atoms with Gasteiger partial charge in [0.2, 0.25) is 0 Å². The lowest BCUT2D eigenvalue weighted by molar-refractivity contribution is 0.0614. The van der Waals surface area contributed by atoms with E-state index in [0.29, 0.717) is 0 Å². The summed E-state index contributed by atoms with van der Waals surface area (Å²) in [4.78, 5) is 4.95. The number of rotatable bonds is 6. The number of hydrogen-bond donors (Lipinski definition) is 1. The molecule has 1 spiro atoms. The van der Waals surface area contributed by atoms with Crippen molar-refractivity contribution in [1.29, 1.82) is 0 Å². The molecule has 2 fully saturated rings. The third-order valence-corrected chi connectivity index (χ3v) is 7.27. The van der Waals surface area contributed by atoms with E-state index in [1.807, 2.05) is 6.07 Å². The van der Waals surface area contributed by atoms with Gasteiger partial charge in [0.15, 0.2) is 0 Å². The SMILES string of the molecule is COc1ccc(CN2CNC3(CCC(c4cccc(OC)c4)(N(C)C)CC3)C2)cc1. The Morgan fingerprint density at radius 1 is 0.933 bits per heavy atom. The Kier molecular flexibility index (Phi) is 6.05. The van der Waals surface area contributed by atoms with Crippen molar-refractivity contribution in [2.24, 2.45) is 0 Å². The molecule has 1 heterocycles. The van der Waals surface area contributed by atoms with Crippen LogP contribution in [0.15, 0.2) is 48.5 Å². The maximum absolute atomic E-state index is 5.50. The molecular weight excluding hydrogens is 374 g/mol. The predicted molar refractivity (Wildman–Crippen MR) is 121 cm³/mol. The van der Waals surface area contributed by atoms with Gasteiger partial charge in [0.05, 0.1) is 14.2 Å². The zero-order valence-electron chi connectivity index (χ0n) is 18.8. The van der Waals surface area contributed by atoms with E-state index >= 15 is 0 Å². The van der Waals surface area contributed by atoms with Gasteiger partial charge in [-0.2, -0.15) is 0 Å². The van der Waals surface area contributed by atoms with E-state index in [0.717, 1.165) is 44.1 Å². The molecule has 2 aliphatic rings. The second kappa shape index (κ2) is 8.58. The molecule has 162 valence electrons. The minimum absolute atomic E-state index is 0.0743. The zero-order chi connectivity index (χ0) is 21.2. The summed E-state index contributed by atoms with van der Waals surface area (Å²) in [5, 5.41) is 3.87. The van der Waals surface area contributed by atoms with E-state index in [1.54, 1.807) is 14.2 Å². The highest BCUT2D eigenvalue weighted by molar-refractivity contribution is 5.34. The molecule has 1 aliphatic heterocycles. The van der Waals surface area contributed by atoms with Gasteiger partial charge in [-0.1, -0.05) is 24.3 Å². The minimum Gasteiger partial charge on any atom is -0.497 e. The first-order chi connectivity index (χ1) is 14.5. The second-order valence-corrected chi connectivity index (χ2v) is 9.11. The molecule has 1 saturated heterocycles. The molecule has 0 atom stereocenters. The van der Waals surface area contributed by atoms with Gasteiger partial charge < -0.3 is 9.47 Å². The first-order valence-corrected chi connectivity index (χ1v) is 10.9. The van der Waals surface area contributed by atoms with Gasteiger partial charge >= 0.3 is 0 Å². The third kappa shape index (κ3) is 4.07. The van der Waals surface area contributed by atoms with E-state index in [4.69, 9.17) is 9.47 Å². The fraction of sp³-hybridized carbons (Fsp3) is 0.520. The largest absolute Gasteiger partial charge is 0.497 e. The van der Waals surface area contributed by atoms with E-state index in [9.17, 15) is 0 Å². The van der Waals surface area contributed by atoms with Gasteiger partial charge in [0, 0.05) is 30.8 Å². The smallest absolute Gasteiger partial charge is 0.119 e. The molecule has 30 heavy (non-hydrogen) atoms. The quantitative estimate of drug-likeness (QED) is 0.785. The van der Waals surface area contributed by atoms with Crippen LogP contribution in [0.25, 0.3) is 0 Å². The van der Waals surface area contributed by atoms with Crippen LogP contribution >= 0.6 is 0 Å². The van der Waals surface area contributed by atoms with Crippen molar-refractivity contribution in [2.75, 3.05) is 41.5 Å². The van der Waals surface area contributed by atoms with Crippen LogP contribution in [0.4, 0.5) is 0 Å². The molecule has 5 nitrogen and oxygen atoms in total. The monoisotopic (exact) mass is 409 g/mol. The van der Waals surface area contributed by atoms with Crippen molar-refractivity contribution in [3.63, 3.8) is 0 Å². The molecule has 0 bridgehead atoms. The molecule has 0 unspecified atom stereocenters. The summed E-state index contributed by atoms with van der Waals surface area (Å²) in [5.41, 5.74) is 3.01. The van der Waals surface area contributed by atoms with Crippen LogP contribution in [0.5, 0.6) is 11.5 Å². The maximum Gasteiger partial charge on any atom is 0.119 e. The summed E-state index contributed by atoms with van der Waals surface area (Å²) in [6.07, 6.45) is 4.66. The molecule has 4 rings (SSSR count). The first-order valence-electron chi connectivity index (χ1n) is 10.9. The van der Waals surface area contributed by atoms with Crippen molar-refractivity contribution in [3.05, 3.63) is 59.7 Å². The summed E-state index contributed by atoms with van der Waals surface area (Å²) in [6, 6.07) is 17.1. The van der Waals surface area contributed by atoms with Crippen molar-refractivity contribution < 1.29 is 9.47 Å². The second-order valence-electron chi connectivity index (χ2n) is 9.11. The van der Waals surface area contributed by atoms with Gasteiger partial charge in [-0.3, -0.25) is 15.1 Å². The van der Waals surface area contributed by atoms with Gasteiger partial charge in [-0.05, 0) is 75.2 Å². The van der Waals surface area contributed by atoms with Gasteiger partial charge in [0.25, 0.3) is 0 Å². The topological polar surface area (TPSA) is 37.0 Å². The van der Waals surface area contributed by atoms with Crippen LogP contribution in [0.3, 0.4) is 0 Å². The fourth-order valence-electron chi connectivity index (χ4n) is 5.30. The van der Waals surface area contributed by atoms with Crippen molar-refractivity contribution in [3.8, 4) is 11.5 Å². The Hall–Kier alpha value is -2.08. The Morgan fingerprint density at radius 3 is 2.27 bits per heavy atom. The van der Waals surface area contributed by atoms with Crippen LogP contribution in [-0.2, 0) is 12.1 Å². The molecule has 1 saturated carbocycles. The van der Waals surface area contributed by atoms with E-state index < -0.39 is 0 Å². The summed E-state index contributed by atoms with van der Waals surface area (Å²) in [5.74, 6) is 1.86. The highest BCUT2D eigenvalue weighted by Gasteiger charge is 2.47. The van der Waals surface area contributed by atoms with Crippen LogP contribution < -0.4 is 14.8 Å². The number of methoxy groups -OCH3 is 2. The minimum atomic E-state index is 0.0743. The average Bonchev–Trinajstić information content (AvgIpc) is 3.17. The molecule has 1 aliphatic carbocycles. The molecule has 0 aromatic heterocycles. The van der Waals surface area contributed by atoms with E-state index in [-0.39, 0.29) is 11.1 Å². The predicted octanol–water partition coefficient (Wildman–Crippen LogP) is 3.84. The van der Waals surface area contributed by atoms with Gasteiger partial charge in [0.1, 0.15) is 11.5 Å². The summed E-state index contributed by atoms with van der Waals surface area (Å²) < 4.78 is 10.8. The Bertz CT molecular complexity index is 842. The number of nitrogens with one attached hydrogen (secondary N) is 1. The van der Waals surface area contributed by atoms with Crippen LogP contribution in [0.1, 0.15) is 36.8 Å². The maximum atomic E-state index is 5.50. The molecule has 2 aromatic carbocycles. The molecule has 1 N–H and O–H groups in total. The van der Waals surface area contributed by atoms with Crippen LogP contribution in [0.2, 0.25) is 0 Å². The molecule has 0 amide bonds. The zero-order valence-corrected chi connectivity index (χ0v) is 18.8. The first kappa shape index (κ1) is 21.2. The Morgan fingerprint density at radius 2 is 1.63 bits per heavy atom. The average molecular weight is 410 g/mol. The molecule has 2 aromatic rings. The summed E-state index contributed by atoms with van der Waals surface area (Å²) in [7, 11) is 7.90. The summed E-state index contributed by atoms with van der Waals surface area (Å²) in [6.45, 7) is 3.05. The van der Waals surface area contributed by atoms with Gasteiger partial charge in [-0.25, -0.2) is 0 Å². The van der Waals surface area contributed by atoms with E-state index in [2.05, 4.69) is 71.7 Å². The standard InChI is InChI=1S/C25H35N3O2/c1-27(2)25(21-6-5-7-23(16-21)30-4)14-12-24(13-15-25)18-28(19-26-24)17-20-8-10-22(29-3)11-9-20/h5-11,16,26H,12-15,17-19H2,1-4H3. The van der Waals surface area contributed by atoms with Crippen molar-refractivity contribution in [1.82, 2.24) is 15.1 Å². The number of hydrogen-bond acceptors (Lipinski definition) is 5. The fourth-order valence-corrected chi connectivity index (χ4v) is 5.30. The molecular formula is C25H35N3O2. The lowest BCUT2D eigenvalue weighted by Crippen LogP contribution is -2.53. The summed E-state index contributed by atoms with van der Waals surface area (Å²) >= 11 is 0. The lowest BCUT2D eigenvalue weighted by Gasteiger charge is -2.49. The lowest BCUT2D eigenvalue weighted by atomic mass is 9.69. The van der Waals surface area contributed by atoms with Crippen molar-refractivity contribution in [2.45, 2.75) is 43.3 Å². The number of benzene rings is 2. The molecule has 5 heteroatoms. The third-order valence-electron chi connectivity index (χ3n) is 7.27. The number of ether oxygens (including phenoxy) is 2. The Balaban J connectivity index is 1.43. The van der Waals surface area contributed by atoms with Crippen molar-refractivity contribution >= 4 is 0 Å². The van der Waals surface area contributed by atoms with Gasteiger partial charge in [-0.15, -0.1) is 0 Å². The molecule has 0 radical (unpaired) electrons. The highest BCUT2D eigenvalue weighted by atomic mass is 16.5. The van der Waals surface area contributed by atoms with E-state index in [1.165, 1.54) is 24.0 Å². The Labute approximate surface area is 181 Å².